The number of anilines is 2. The van der Waals surface area contributed by atoms with Crippen molar-refractivity contribution in [2.75, 3.05) is 11.4 Å². The number of aromatic nitrogens is 1. The van der Waals surface area contributed by atoms with Crippen molar-refractivity contribution in [3.05, 3.63) is 41.8 Å². The van der Waals surface area contributed by atoms with E-state index in [1.54, 1.807) is 6.26 Å². The molecule has 0 amide bonds. The van der Waals surface area contributed by atoms with Crippen LogP contribution in [0.3, 0.4) is 0 Å². The number of hydrogen-bond acceptors (Lipinski definition) is 4. The lowest BCUT2D eigenvalue weighted by Gasteiger charge is -2.13. The van der Waals surface area contributed by atoms with Gasteiger partial charge in [-0.3, -0.25) is 4.90 Å². The predicted octanol–water partition coefficient (Wildman–Crippen LogP) is 1.83. The summed E-state index contributed by atoms with van der Waals surface area (Å²) in [5, 5.41) is 0. The zero-order valence-electron chi connectivity index (χ0n) is 8.89. The number of benzene rings is 1. The van der Waals surface area contributed by atoms with Crippen LogP contribution < -0.4 is 10.6 Å². The Hall–Kier alpha value is -1.81. The quantitative estimate of drug-likeness (QED) is 0.830. The van der Waals surface area contributed by atoms with Gasteiger partial charge < -0.3 is 10.2 Å². The molecule has 0 unspecified atom stereocenters. The minimum Gasteiger partial charge on any atom is -0.431 e. The summed E-state index contributed by atoms with van der Waals surface area (Å²) in [5.74, 6) is 0. The summed E-state index contributed by atoms with van der Waals surface area (Å²) in [5.41, 5.74) is 8.84. The first-order chi connectivity index (χ1) is 7.88. The molecule has 2 N–H and O–H groups in total. The van der Waals surface area contributed by atoms with Crippen LogP contribution in [0.4, 0.5) is 11.7 Å². The Labute approximate surface area is 93.7 Å². The molecular formula is C12H13N3O. The topological polar surface area (TPSA) is 55.3 Å². The molecule has 0 saturated carbocycles. The molecule has 0 atom stereocenters. The smallest absolute Gasteiger partial charge is 0.302 e. The van der Waals surface area contributed by atoms with Gasteiger partial charge in [0.15, 0.2) is 0 Å². The van der Waals surface area contributed by atoms with Gasteiger partial charge in [-0.2, -0.15) is 4.98 Å². The second-order valence-electron chi connectivity index (χ2n) is 3.86. The van der Waals surface area contributed by atoms with Crippen molar-refractivity contribution in [2.24, 2.45) is 5.73 Å². The first-order valence-electron chi connectivity index (χ1n) is 5.38. The molecule has 1 aliphatic rings. The number of rotatable bonds is 2. The SMILES string of the molecule is NCc1coc(N2CCc3ccccc32)n1. The Morgan fingerprint density at radius 3 is 3.06 bits per heavy atom. The number of oxazole rings is 1. The lowest BCUT2D eigenvalue weighted by atomic mass is 10.2. The number of nitrogens with zero attached hydrogens (tertiary/aromatic N) is 2. The summed E-state index contributed by atoms with van der Waals surface area (Å²) < 4.78 is 5.43. The summed E-state index contributed by atoms with van der Waals surface area (Å²) in [4.78, 5) is 6.44. The molecule has 2 heterocycles. The third-order valence-corrected chi connectivity index (χ3v) is 2.87. The van der Waals surface area contributed by atoms with Gasteiger partial charge in [-0.15, -0.1) is 0 Å². The molecule has 2 aromatic rings. The summed E-state index contributed by atoms with van der Waals surface area (Å²) >= 11 is 0. The maximum Gasteiger partial charge on any atom is 0.302 e. The highest BCUT2D eigenvalue weighted by Crippen LogP contribution is 2.33. The van der Waals surface area contributed by atoms with E-state index in [0.29, 0.717) is 12.6 Å². The van der Waals surface area contributed by atoms with Gasteiger partial charge in [-0.05, 0) is 18.1 Å². The highest BCUT2D eigenvalue weighted by atomic mass is 16.4. The normalized spacial score (nSPS) is 14.2. The molecule has 16 heavy (non-hydrogen) atoms. The molecule has 1 aromatic carbocycles. The van der Waals surface area contributed by atoms with Gasteiger partial charge in [0.25, 0.3) is 0 Å². The number of fused-ring (bicyclic) bond motifs is 1. The van der Waals surface area contributed by atoms with Crippen LogP contribution in [0, 0.1) is 0 Å². The second-order valence-corrected chi connectivity index (χ2v) is 3.86. The molecule has 1 aliphatic heterocycles. The predicted molar refractivity (Wildman–Crippen MR) is 61.5 cm³/mol. The Bertz CT molecular complexity index is 506. The Balaban J connectivity index is 1.98. The Kier molecular flexibility index (Phi) is 2.15. The van der Waals surface area contributed by atoms with Gasteiger partial charge >= 0.3 is 6.01 Å². The zero-order valence-corrected chi connectivity index (χ0v) is 8.89. The first-order valence-corrected chi connectivity index (χ1v) is 5.38. The molecule has 0 fully saturated rings. The van der Waals surface area contributed by atoms with Gasteiger partial charge in [-0.25, -0.2) is 0 Å². The van der Waals surface area contributed by atoms with Gasteiger partial charge in [-0.1, -0.05) is 18.2 Å². The van der Waals surface area contributed by atoms with Crippen molar-refractivity contribution in [1.29, 1.82) is 0 Å². The molecule has 0 bridgehead atoms. The van der Waals surface area contributed by atoms with Gasteiger partial charge in [0.2, 0.25) is 0 Å². The Morgan fingerprint density at radius 2 is 2.25 bits per heavy atom. The van der Waals surface area contributed by atoms with Gasteiger partial charge in [0.05, 0.1) is 5.69 Å². The fraction of sp³-hybridized carbons (Fsp3) is 0.250. The van der Waals surface area contributed by atoms with Crippen molar-refractivity contribution < 1.29 is 4.42 Å². The number of para-hydroxylation sites is 1. The number of nitrogens with two attached hydrogens (primary N) is 1. The summed E-state index contributed by atoms with van der Waals surface area (Å²) in [6.45, 7) is 1.34. The average Bonchev–Trinajstić information content (AvgIpc) is 2.94. The van der Waals surface area contributed by atoms with E-state index in [2.05, 4.69) is 28.1 Å². The molecule has 0 spiro atoms. The maximum absolute atomic E-state index is 5.52. The van der Waals surface area contributed by atoms with Crippen molar-refractivity contribution in [1.82, 2.24) is 4.98 Å². The van der Waals surface area contributed by atoms with E-state index in [9.17, 15) is 0 Å². The minimum atomic E-state index is 0.416. The molecule has 0 radical (unpaired) electrons. The van der Waals surface area contributed by atoms with Crippen LogP contribution >= 0.6 is 0 Å². The Morgan fingerprint density at radius 1 is 1.38 bits per heavy atom. The molecule has 3 rings (SSSR count). The average molecular weight is 215 g/mol. The van der Waals surface area contributed by atoms with Crippen molar-refractivity contribution in [2.45, 2.75) is 13.0 Å². The fourth-order valence-corrected chi connectivity index (χ4v) is 2.05. The van der Waals surface area contributed by atoms with E-state index in [1.165, 1.54) is 11.3 Å². The highest BCUT2D eigenvalue weighted by Gasteiger charge is 2.23. The molecule has 82 valence electrons. The molecule has 4 heteroatoms. The first kappa shape index (κ1) is 9.42. The lowest BCUT2D eigenvalue weighted by Crippen LogP contribution is -2.13. The van der Waals surface area contributed by atoms with Crippen LogP contribution in [0.15, 0.2) is 34.9 Å². The standard InChI is InChI=1S/C12H13N3O/c13-7-10-8-16-12(14-10)15-6-5-9-3-1-2-4-11(9)15/h1-4,8H,5-7,13H2. The van der Waals surface area contributed by atoms with Gasteiger partial charge in [0.1, 0.15) is 6.26 Å². The largest absolute Gasteiger partial charge is 0.431 e. The summed E-state index contributed by atoms with van der Waals surface area (Å²) in [6, 6.07) is 8.97. The summed E-state index contributed by atoms with van der Waals surface area (Å²) in [7, 11) is 0. The van der Waals surface area contributed by atoms with Crippen LogP contribution in [0.25, 0.3) is 0 Å². The van der Waals surface area contributed by atoms with Crippen LogP contribution in [0.1, 0.15) is 11.3 Å². The minimum absolute atomic E-state index is 0.416. The van der Waals surface area contributed by atoms with Crippen molar-refractivity contribution >= 4 is 11.7 Å². The zero-order chi connectivity index (χ0) is 11.0. The van der Waals surface area contributed by atoms with Crippen molar-refractivity contribution in [3.8, 4) is 0 Å². The molecule has 0 aliphatic carbocycles. The van der Waals surface area contributed by atoms with E-state index < -0.39 is 0 Å². The van der Waals surface area contributed by atoms with Crippen LogP contribution in [-0.4, -0.2) is 11.5 Å². The molecule has 1 aromatic heterocycles. The maximum atomic E-state index is 5.52. The van der Waals surface area contributed by atoms with E-state index in [-0.39, 0.29) is 0 Å². The van der Waals surface area contributed by atoms with Crippen LogP contribution in [0.5, 0.6) is 0 Å². The third-order valence-electron chi connectivity index (χ3n) is 2.87. The van der Waals surface area contributed by atoms with E-state index >= 15 is 0 Å². The molecule has 4 nitrogen and oxygen atoms in total. The van der Waals surface area contributed by atoms with E-state index in [0.717, 1.165) is 18.7 Å². The van der Waals surface area contributed by atoms with Gasteiger partial charge in [0, 0.05) is 18.8 Å². The van der Waals surface area contributed by atoms with E-state index in [1.807, 2.05) is 6.07 Å². The fourth-order valence-electron chi connectivity index (χ4n) is 2.05. The summed E-state index contributed by atoms with van der Waals surface area (Å²) in [6.07, 6.45) is 2.66. The third kappa shape index (κ3) is 1.39. The highest BCUT2D eigenvalue weighted by molar-refractivity contribution is 5.64. The van der Waals surface area contributed by atoms with Crippen LogP contribution in [-0.2, 0) is 13.0 Å². The van der Waals surface area contributed by atoms with Crippen molar-refractivity contribution in [3.63, 3.8) is 0 Å². The van der Waals surface area contributed by atoms with Crippen LogP contribution in [0.2, 0.25) is 0 Å². The van der Waals surface area contributed by atoms with E-state index in [4.69, 9.17) is 10.2 Å². The number of hydrogen-bond donors (Lipinski definition) is 1. The monoisotopic (exact) mass is 215 g/mol. The lowest BCUT2D eigenvalue weighted by molar-refractivity contribution is 0.555. The second kappa shape index (κ2) is 3.64. The molecule has 0 saturated heterocycles. The molecular weight excluding hydrogens is 202 g/mol.